The number of nitrogens with zero attached hydrogens (tertiary/aromatic N) is 2. The summed E-state index contributed by atoms with van der Waals surface area (Å²) in [6.07, 6.45) is 4.70. The number of rotatable bonds is 4. The molecule has 0 atom stereocenters. The maximum Gasteiger partial charge on any atom is 0.158 e. The summed E-state index contributed by atoms with van der Waals surface area (Å²) in [7, 11) is 0. The quantitative estimate of drug-likeness (QED) is 0.836. The molecule has 5 heteroatoms. The Labute approximate surface area is 126 Å². The zero-order valence-electron chi connectivity index (χ0n) is 11.0. The summed E-state index contributed by atoms with van der Waals surface area (Å²) in [5.74, 6) is 0.758. The zero-order chi connectivity index (χ0) is 13.8. The van der Waals surface area contributed by atoms with Gasteiger partial charge in [0, 0.05) is 11.9 Å². The summed E-state index contributed by atoms with van der Waals surface area (Å²) in [6.45, 7) is 4.25. The Morgan fingerprint density at radius 3 is 2.84 bits per heavy atom. The molecule has 0 amide bonds. The van der Waals surface area contributed by atoms with E-state index in [-0.39, 0.29) is 0 Å². The summed E-state index contributed by atoms with van der Waals surface area (Å²) < 4.78 is 1.48. The molecule has 0 bridgehead atoms. The highest BCUT2D eigenvalue weighted by Crippen LogP contribution is 2.23. The molecule has 0 aliphatic heterocycles. The lowest BCUT2D eigenvalue weighted by atomic mass is 10.1. The van der Waals surface area contributed by atoms with E-state index in [1.165, 1.54) is 5.56 Å². The van der Waals surface area contributed by atoms with Crippen LogP contribution in [0.25, 0.3) is 11.5 Å². The fourth-order valence-electron chi connectivity index (χ4n) is 1.98. The molecule has 100 valence electrons. The minimum Gasteiger partial charge on any atom is -0.341 e. The standard InChI is InChI=1S/C14H16BrN3S/c1-3-6-10-11(15)14(19)18-13(17-10)12-9(4-2)7-5-8-16-12/h5,7-8H,3-4,6H2,1-2H3,(H,17,18,19). The lowest BCUT2D eigenvalue weighted by molar-refractivity contribution is 0.863. The first kappa shape index (κ1) is 14.3. The normalized spacial score (nSPS) is 10.7. The Bertz CT molecular complexity index is 637. The molecule has 2 rings (SSSR count). The molecule has 0 aliphatic carbocycles. The Kier molecular flexibility index (Phi) is 4.82. The number of aryl methyl sites for hydroxylation is 2. The molecule has 3 nitrogen and oxygen atoms in total. The molecule has 19 heavy (non-hydrogen) atoms. The molecule has 2 aromatic rings. The Hall–Kier alpha value is -1.07. The van der Waals surface area contributed by atoms with Gasteiger partial charge in [0.05, 0.1) is 4.47 Å². The smallest absolute Gasteiger partial charge is 0.158 e. The van der Waals surface area contributed by atoms with E-state index in [0.29, 0.717) is 4.64 Å². The van der Waals surface area contributed by atoms with Gasteiger partial charge in [0.1, 0.15) is 10.3 Å². The van der Waals surface area contributed by atoms with Crippen LogP contribution in [-0.2, 0) is 12.8 Å². The van der Waals surface area contributed by atoms with E-state index >= 15 is 0 Å². The Morgan fingerprint density at radius 1 is 1.37 bits per heavy atom. The second-order valence-electron chi connectivity index (χ2n) is 4.30. The van der Waals surface area contributed by atoms with E-state index in [2.05, 4.69) is 50.8 Å². The van der Waals surface area contributed by atoms with E-state index in [1.807, 2.05) is 6.07 Å². The van der Waals surface area contributed by atoms with E-state index in [9.17, 15) is 0 Å². The maximum absolute atomic E-state index is 5.32. The van der Waals surface area contributed by atoms with E-state index in [0.717, 1.165) is 40.9 Å². The molecule has 2 aromatic heterocycles. The summed E-state index contributed by atoms with van der Waals surface area (Å²) in [6, 6.07) is 4.02. The van der Waals surface area contributed by atoms with Crippen LogP contribution in [0.4, 0.5) is 0 Å². The lowest BCUT2D eigenvalue weighted by Crippen LogP contribution is -2.01. The number of H-pyrrole nitrogens is 1. The third-order valence-electron chi connectivity index (χ3n) is 2.93. The third-order valence-corrected chi connectivity index (χ3v) is 4.34. The fourth-order valence-corrected chi connectivity index (χ4v) is 2.58. The summed E-state index contributed by atoms with van der Waals surface area (Å²) in [5.41, 5.74) is 3.15. The number of aromatic amines is 1. The number of hydrogen-bond acceptors (Lipinski definition) is 3. The van der Waals surface area contributed by atoms with Crippen LogP contribution in [0.1, 0.15) is 31.5 Å². The highest BCUT2D eigenvalue weighted by atomic mass is 79.9. The Morgan fingerprint density at radius 2 is 2.16 bits per heavy atom. The first-order chi connectivity index (χ1) is 9.17. The van der Waals surface area contributed by atoms with Crippen molar-refractivity contribution in [1.82, 2.24) is 15.0 Å². The number of nitrogens with one attached hydrogen (secondary N) is 1. The summed E-state index contributed by atoms with van der Waals surface area (Å²) in [5, 5.41) is 0. The predicted octanol–water partition coefficient (Wildman–Crippen LogP) is 4.48. The van der Waals surface area contributed by atoms with Gasteiger partial charge < -0.3 is 4.98 Å². The van der Waals surface area contributed by atoms with Crippen molar-refractivity contribution in [3.63, 3.8) is 0 Å². The van der Waals surface area contributed by atoms with Crippen molar-refractivity contribution in [1.29, 1.82) is 0 Å². The van der Waals surface area contributed by atoms with Gasteiger partial charge in [-0.2, -0.15) is 0 Å². The highest BCUT2D eigenvalue weighted by Gasteiger charge is 2.11. The van der Waals surface area contributed by atoms with Gasteiger partial charge in [0.2, 0.25) is 0 Å². The molecule has 0 radical (unpaired) electrons. The number of halogens is 1. The van der Waals surface area contributed by atoms with Crippen molar-refractivity contribution < 1.29 is 0 Å². The fraction of sp³-hybridized carbons (Fsp3) is 0.357. The van der Waals surface area contributed by atoms with Gasteiger partial charge in [0.15, 0.2) is 5.82 Å². The molecule has 0 saturated carbocycles. The molecule has 0 aromatic carbocycles. The zero-order valence-corrected chi connectivity index (χ0v) is 13.4. The molecule has 0 aliphatic rings. The van der Waals surface area contributed by atoms with Crippen LogP contribution in [0.5, 0.6) is 0 Å². The number of aromatic nitrogens is 3. The topological polar surface area (TPSA) is 41.6 Å². The van der Waals surface area contributed by atoms with Gasteiger partial charge in [-0.1, -0.05) is 38.6 Å². The molecular formula is C14H16BrN3S. The van der Waals surface area contributed by atoms with Crippen molar-refractivity contribution in [2.45, 2.75) is 33.1 Å². The molecule has 0 unspecified atom stereocenters. The molecule has 0 saturated heterocycles. The van der Waals surface area contributed by atoms with Crippen molar-refractivity contribution in [3.05, 3.63) is 38.7 Å². The molecule has 1 N–H and O–H groups in total. The van der Waals surface area contributed by atoms with E-state index in [1.54, 1.807) is 6.20 Å². The van der Waals surface area contributed by atoms with Crippen LogP contribution >= 0.6 is 28.1 Å². The van der Waals surface area contributed by atoms with Crippen LogP contribution in [0.2, 0.25) is 0 Å². The van der Waals surface area contributed by atoms with Crippen molar-refractivity contribution in [2.75, 3.05) is 0 Å². The molecule has 0 fully saturated rings. The SMILES string of the molecule is CCCc1[nH]c(-c2ncccc2CC)nc(=S)c1Br. The summed E-state index contributed by atoms with van der Waals surface area (Å²) >= 11 is 8.82. The largest absolute Gasteiger partial charge is 0.341 e. The van der Waals surface area contributed by atoms with Crippen LogP contribution in [-0.4, -0.2) is 15.0 Å². The summed E-state index contributed by atoms with van der Waals surface area (Å²) in [4.78, 5) is 12.2. The number of pyridine rings is 1. The van der Waals surface area contributed by atoms with Crippen LogP contribution in [0.3, 0.4) is 0 Å². The van der Waals surface area contributed by atoms with Crippen LogP contribution < -0.4 is 0 Å². The van der Waals surface area contributed by atoms with Crippen molar-refractivity contribution in [3.8, 4) is 11.5 Å². The average Bonchev–Trinajstić information content (AvgIpc) is 2.43. The molecular weight excluding hydrogens is 322 g/mol. The maximum atomic E-state index is 5.32. The predicted molar refractivity (Wildman–Crippen MR) is 83.7 cm³/mol. The van der Waals surface area contributed by atoms with Gasteiger partial charge in [-0.05, 0) is 40.4 Å². The third kappa shape index (κ3) is 3.09. The Balaban J connectivity index is 2.59. The second kappa shape index (κ2) is 6.39. The van der Waals surface area contributed by atoms with Gasteiger partial charge in [-0.15, -0.1) is 0 Å². The first-order valence-corrected chi connectivity index (χ1v) is 7.60. The molecule has 0 spiro atoms. The second-order valence-corrected chi connectivity index (χ2v) is 5.48. The van der Waals surface area contributed by atoms with Crippen molar-refractivity contribution in [2.24, 2.45) is 0 Å². The number of hydrogen-bond donors (Lipinski definition) is 1. The van der Waals surface area contributed by atoms with Gasteiger partial charge in [-0.3, -0.25) is 4.98 Å². The van der Waals surface area contributed by atoms with Gasteiger partial charge in [-0.25, -0.2) is 4.98 Å². The first-order valence-electron chi connectivity index (χ1n) is 6.40. The van der Waals surface area contributed by atoms with Gasteiger partial charge in [0.25, 0.3) is 0 Å². The molecule has 2 heterocycles. The van der Waals surface area contributed by atoms with Crippen molar-refractivity contribution >= 4 is 28.1 Å². The minimum atomic E-state index is 0.588. The van der Waals surface area contributed by atoms with Crippen LogP contribution in [0.15, 0.2) is 22.8 Å². The monoisotopic (exact) mass is 337 g/mol. The van der Waals surface area contributed by atoms with E-state index in [4.69, 9.17) is 12.2 Å². The minimum absolute atomic E-state index is 0.588. The van der Waals surface area contributed by atoms with Crippen LogP contribution in [0, 0.1) is 4.64 Å². The average molecular weight is 338 g/mol. The van der Waals surface area contributed by atoms with Gasteiger partial charge >= 0.3 is 0 Å². The van der Waals surface area contributed by atoms with E-state index < -0.39 is 0 Å². The highest BCUT2D eigenvalue weighted by molar-refractivity contribution is 9.10. The lowest BCUT2D eigenvalue weighted by Gasteiger charge is -2.09.